The fraction of sp³-hybridized carbons (Fsp3) is 0.200. The average Bonchev–Trinajstić information content (AvgIpc) is 3.24. The lowest BCUT2D eigenvalue weighted by molar-refractivity contribution is 0.102. The summed E-state index contributed by atoms with van der Waals surface area (Å²) in [5.41, 5.74) is 2.18. The van der Waals surface area contributed by atoms with E-state index in [-0.39, 0.29) is 5.91 Å². The molecule has 5 rings (SSSR count). The third-order valence-electron chi connectivity index (χ3n) is 4.75. The summed E-state index contributed by atoms with van der Waals surface area (Å²) in [7, 11) is 0. The summed E-state index contributed by atoms with van der Waals surface area (Å²) in [6.45, 7) is 2.89. The van der Waals surface area contributed by atoms with E-state index in [4.69, 9.17) is 9.84 Å². The number of aromatic nitrogens is 6. The van der Waals surface area contributed by atoms with E-state index in [1.165, 1.54) is 0 Å². The highest BCUT2D eigenvalue weighted by Crippen LogP contribution is 2.20. The molecule has 0 saturated carbocycles. The lowest BCUT2D eigenvalue weighted by Crippen LogP contribution is -2.37. The number of anilines is 2. The van der Waals surface area contributed by atoms with Crippen molar-refractivity contribution in [3.05, 3.63) is 60.6 Å². The Labute approximate surface area is 171 Å². The number of nitrogens with zero attached hydrogens (tertiary/aromatic N) is 7. The number of carbonyl (C=O) groups excluding carboxylic acids is 1. The van der Waals surface area contributed by atoms with Gasteiger partial charge in [0.25, 0.3) is 5.91 Å². The SMILES string of the molecule is O=C(Nc1cccnc1)c1ccnc(-c2nnc3ccc(N4CCOCC4)nn23)c1. The van der Waals surface area contributed by atoms with E-state index < -0.39 is 0 Å². The first-order valence-electron chi connectivity index (χ1n) is 9.51. The van der Waals surface area contributed by atoms with Crippen molar-refractivity contribution in [3.63, 3.8) is 0 Å². The second-order valence-electron chi connectivity index (χ2n) is 6.71. The molecule has 1 aliphatic heterocycles. The normalized spacial score (nSPS) is 14.1. The molecule has 1 N–H and O–H groups in total. The first-order valence-corrected chi connectivity index (χ1v) is 9.51. The Morgan fingerprint density at radius 2 is 1.97 bits per heavy atom. The zero-order valence-electron chi connectivity index (χ0n) is 16.0. The quantitative estimate of drug-likeness (QED) is 0.549. The Kier molecular flexibility index (Phi) is 4.74. The maximum atomic E-state index is 12.6. The molecule has 0 spiro atoms. The molecule has 0 atom stereocenters. The number of carbonyl (C=O) groups is 1. The molecule has 0 unspecified atom stereocenters. The van der Waals surface area contributed by atoms with E-state index in [9.17, 15) is 4.79 Å². The van der Waals surface area contributed by atoms with Crippen LogP contribution in [0.15, 0.2) is 55.0 Å². The third-order valence-corrected chi connectivity index (χ3v) is 4.75. The number of hydrogen-bond donors (Lipinski definition) is 1. The molecule has 0 radical (unpaired) electrons. The minimum Gasteiger partial charge on any atom is -0.378 e. The van der Waals surface area contributed by atoms with Crippen LogP contribution >= 0.6 is 0 Å². The first kappa shape index (κ1) is 18.1. The van der Waals surface area contributed by atoms with Gasteiger partial charge in [-0.3, -0.25) is 14.8 Å². The number of rotatable bonds is 4. The summed E-state index contributed by atoms with van der Waals surface area (Å²) < 4.78 is 7.06. The summed E-state index contributed by atoms with van der Waals surface area (Å²) in [6.07, 6.45) is 4.80. The van der Waals surface area contributed by atoms with Crippen LogP contribution in [0.1, 0.15) is 10.4 Å². The maximum Gasteiger partial charge on any atom is 0.255 e. The lowest BCUT2D eigenvalue weighted by atomic mass is 10.2. The predicted octanol–water partition coefficient (Wildman–Crippen LogP) is 1.67. The predicted molar refractivity (Wildman–Crippen MR) is 109 cm³/mol. The topological polar surface area (TPSA) is 110 Å². The molecule has 0 aromatic carbocycles. The van der Waals surface area contributed by atoms with E-state index >= 15 is 0 Å². The Morgan fingerprint density at radius 3 is 2.80 bits per heavy atom. The van der Waals surface area contributed by atoms with Gasteiger partial charge in [0.15, 0.2) is 5.65 Å². The van der Waals surface area contributed by atoms with E-state index in [1.807, 2.05) is 12.1 Å². The van der Waals surface area contributed by atoms with E-state index in [0.717, 1.165) is 18.9 Å². The van der Waals surface area contributed by atoms with Crippen LogP contribution in [0.2, 0.25) is 0 Å². The van der Waals surface area contributed by atoms with Gasteiger partial charge in [0, 0.05) is 31.0 Å². The van der Waals surface area contributed by atoms with Gasteiger partial charge < -0.3 is 15.0 Å². The molecule has 5 heterocycles. The highest BCUT2D eigenvalue weighted by atomic mass is 16.5. The van der Waals surface area contributed by atoms with Crippen LogP contribution in [-0.4, -0.2) is 62.0 Å². The molecule has 10 heteroatoms. The van der Waals surface area contributed by atoms with Crippen molar-refractivity contribution in [2.75, 3.05) is 36.5 Å². The smallest absolute Gasteiger partial charge is 0.255 e. The Hall–Kier alpha value is -3.92. The summed E-state index contributed by atoms with van der Waals surface area (Å²) in [6, 6.07) is 10.6. The van der Waals surface area contributed by atoms with Gasteiger partial charge in [-0.2, -0.15) is 4.52 Å². The minimum atomic E-state index is -0.262. The number of ether oxygens (including phenoxy) is 1. The molecule has 1 aliphatic rings. The molecule has 1 saturated heterocycles. The number of amides is 1. The molecule has 1 fully saturated rings. The molecule has 0 aliphatic carbocycles. The molecule has 4 aromatic rings. The molecular formula is C20H18N8O2. The van der Waals surface area contributed by atoms with Gasteiger partial charge in [0.05, 0.1) is 25.1 Å². The first-order chi connectivity index (χ1) is 14.8. The molecule has 4 aromatic heterocycles. The highest BCUT2D eigenvalue weighted by molar-refractivity contribution is 6.04. The summed E-state index contributed by atoms with van der Waals surface area (Å²) in [5.74, 6) is 1.02. The van der Waals surface area contributed by atoms with Crippen molar-refractivity contribution in [2.45, 2.75) is 0 Å². The lowest BCUT2D eigenvalue weighted by Gasteiger charge is -2.27. The fourth-order valence-corrected chi connectivity index (χ4v) is 3.23. The molecule has 1 amide bonds. The van der Waals surface area contributed by atoms with Crippen LogP contribution in [0.25, 0.3) is 17.2 Å². The van der Waals surface area contributed by atoms with Crippen molar-refractivity contribution in [1.82, 2.24) is 29.8 Å². The van der Waals surface area contributed by atoms with Crippen molar-refractivity contribution in [1.29, 1.82) is 0 Å². The number of pyridine rings is 2. The maximum absolute atomic E-state index is 12.6. The molecule has 150 valence electrons. The van der Waals surface area contributed by atoms with Crippen LogP contribution in [0.3, 0.4) is 0 Å². The molecule has 30 heavy (non-hydrogen) atoms. The second-order valence-corrected chi connectivity index (χ2v) is 6.71. The molecule has 10 nitrogen and oxygen atoms in total. The van der Waals surface area contributed by atoms with Gasteiger partial charge in [-0.25, -0.2) is 0 Å². The largest absolute Gasteiger partial charge is 0.378 e. The van der Waals surface area contributed by atoms with E-state index in [2.05, 4.69) is 30.4 Å². The highest BCUT2D eigenvalue weighted by Gasteiger charge is 2.17. The van der Waals surface area contributed by atoms with Crippen molar-refractivity contribution < 1.29 is 9.53 Å². The van der Waals surface area contributed by atoms with Gasteiger partial charge in [0.1, 0.15) is 11.5 Å². The monoisotopic (exact) mass is 402 g/mol. The minimum absolute atomic E-state index is 0.262. The van der Waals surface area contributed by atoms with Crippen molar-refractivity contribution in [3.8, 4) is 11.5 Å². The van der Waals surface area contributed by atoms with Crippen molar-refractivity contribution in [2.24, 2.45) is 0 Å². The summed E-state index contributed by atoms with van der Waals surface area (Å²) in [4.78, 5) is 23.1. The Balaban J connectivity index is 1.46. The van der Waals surface area contributed by atoms with Gasteiger partial charge in [-0.15, -0.1) is 15.3 Å². The summed E-state index contributed by atoms with van der Waals surface area (Å²) >= 11 is 0. The number of fused-ring (bicyclic) bond motifs is 1. The van der Waals surface area contributed by atoms with Gasteiger partial charge in [-0.1, -0.05) is 0 Å². The zero-order valence-corrected chi connectivity index (χ0v) is 16.0. The van der Waals surface area contributed by atoms with E-state index in [1.54, 1.807) is 47.4 Å². The van der Waals surface area contributed by atoms with Crippen LogP contribution in [0.4, 0.5) is 11.5 Å². The Bertz CT molecular complexity index is 1190. The standard InChI is InChI=1S/C20H18N8O2/c29-20(23-15-2-1-6-21-13-15)14-5-7-22-16(12-14)19-25-24-17-3-4-18(26-28(17)19)27-8-10-30-11-9-27/h1-7,12-13H,8-11H2,(H,23,29). The fourth-order valence-electron chi connectivity index (χ4n) is 3.23. The van der Waals surface area contributed by atoms with Gasteiger partial charge in [-0.05, 0) is 36.4 Å². The Morgan fingerprint density at radius 1 is 1.07 bits per heavy atom. The number of nitrogens with one attached hydrogen (secondary N) is 1. The van der Waals surface area contributed by atoms with Gasteiger partial charge >= 0.3 is 0 Å². The zero-order chi connectivity index (χ0) is 20.3. The van der Waals surface area contributed by atoms with Gasteiger partial charge in [0.2, 0.25) is 5.82 Å². The van der Waals surface area contributed by atoms with Crippen LogP contribution in [-0.2, 0) is 4.74 Å². The average molecular weight is 402 g/mol. The number of morpholine rings is 1. The third kappa shape index (κ3) is 3.55. The van der Waals surface area contributed by atoms with E-state index in [0.29, 0.717) is 41.6 Å². The summed E-state index contributed by atoms with van der Waals surface area (Å²) in [5, 5.41) is 15.9. The second kappa shape index (κ2) is 7.84. The molecular weight excluding hydrogens is 384 g/mol. The van der Waals surface area contributed by atoms with Crippen LogP contribution < -0.4 is 10.2 Å². The molecule has 0 bridgehead atoms. The van der Waals surface area contributed by atoms with Crippen LogP contribution in [0.5, 0.6) is 0 Å². The van der Waals surface area contributed by atoms with Crippen molar-refractivity contribution >= 4 is 23.1 Å². The van der Waals surface area contributed by atoms with Crippen LogP contribution in [0, 0.1) is 0 Å². The number of hydrogen-bond acceptors (Lipinski definition) is 8.